The molecule has 0 aliphatic carbocycles. The standard InChI is InChI=1S/C18H28ClN5O2/c1-2-20-18(23-9-10-24-11-13-26-14-12-24)22-8-7-21-17(25)15-3-5-16(19)6-4-15/h3-6H,2,7-14H2,1H3,(H,21,25)(H2,20,22,23). The van der Waals surface area contributed by atoms with Crippen LogP contribution in [0.25, 0.3) is 0 Å². The predicted molar refractivity (Wildman–Crippen MR) is 105 cm³/mol. The summed E-state index contributed by atoms with van der Waals surface area (Å²) in [6.45, 7) is 9.12. The molecule has 1 aliphatic rings. The van der Waals surface area contributed by atoms with Crippen molar-refractivity contribution < 1.29 is 9.53 Å². The van der Waals surface area contributed by atoms with Gasteiger partial charge in [0.05, 0.1) is 19.8 Å². The van der Waals surface area contributed by atoms with Crippen LogP contribution in [0, 0.1) is 0 Å². The summed E-state index contributed by atoms with van der Waals surface area (Å²) in [6.07, 6.45) is 0. The minimum atomic E-state index is -0.113. The van der Waals surface area contributed by atoms with Gasteiger partial charge in [-0.15, -0.1) is 0 Å². The molecule has 2 rings (SSSR count). The fourth-order valence-corrected chi connectivity index (χ4v) is 2.66. The highest BCUT2D eigenvalue weighted by atomic mass is 35.5. The maximum Gasteiger partial charge on any atom is 0.251 e. The lowest BCUT2D eigenvalue weighted by Crippen LogP contribution is -2.42. The van der Waals surface area contributed by atoms with Gasteiger partial charge < -0.3 is 20.7 Å². The SMILES string of the molecule is CCNC(=NCCN1CCOCC1)NCCNC(=O)c1ccc(Cl)cc1. The molecule has 0 saturated carbocycles. The molecule has 7 nitrogen and oxygen atoms in total. The van der Waals surface area contributed by atoms with Gasteiger partial charge in [0.2, 0.25) is 0 Å². The number of carbonyl (C=O) groups is 1. The molecule has 144 valence electrons. The Morgan fingerprint density at radius 3 is 2.54 bits per heavy atom. The number of halogens is 1. The lowest BCUT2D eigenvalue weighted by molar-refractivity contribution is 0.0394. The third-order valence-corrected chi connectivity index (χ3v) is 4.20. The van der Waals surface area contributed by atoms with Crippen molar-refractivity contribution in [1.82, 2.24) is 20.9 Å². The van der Waals surface area contributed by atoms with Crippen LogP contribution in [0.2, 0.25) is 5.02 Å². The molecule has 1 fully saturated rings. The smallest absolute Gasteiger partial charge is 0.251 e. The molecule has 26 heavy (non-hydrogen) atoms. The monoisotopic (exact) mass is 381 g/mol. The fraction of sp³-hybridized carbons (Fsp3) is 0.556. The largest absolute Gasteiger partial charge is 0.379 e. The van der Waals surface area contributed by atoms with E-state index in [-0.39, 0.29) is 5.91 Å². The van der Waals surface area contributed by atoms with Crippen LogP contribution in [0.3, 0.4) is 0 Å². The van der Waals surface area contributed by atoms with Crippen molar-refractivity contribution in [2.24, 2.45) is 4.99 Å². The number of carbonyl (C=O) groups excluding carboxylic acids is 1. The van der Waals surface area contributed by atoms with Crippen LogP contribution in [-0.4, -0.2) is 75.8 Å². The van der Waals surface area contributed by atoms with E-state index in [1.54, 1.807) is 24.3 Å². The average Bonchev–Trinajstić information content (AvgIpc) is 2.66. The molecule has 0 unspecified atom stereocenters. The molecule has 1 aromatic carbocycles. The Bertz CT molecular complexity index is 573. The number of nitrogens with one attached hydrogen (secondary N) is 3. The number of hydrogen-bond donors (Lipinski definition) is 3. The molecule has 1 aliphatic heterocycles. The van der Waals surface area contributed by atoms with Crippen LogP contribution in [0.4, 0.5) is 0 Å². The van der Waals surface area contributed by atoms with Crippen molar-refractivity contribution in [1.29, 1.82) is 0 Å². The quantitative estimate of drug-likeness (QED) is 0.355. The number of benzene rings is 1. The Morgan fingerprint density at radius 2 is 1.85 bits per heavy atom. The van der Waals surface area contributed by atoms with Gasteiger partial charge in [-0.1, -0.05) is 11.6 Å². The summed E-state index contributed by atoms with van der Waals surface area (Å²) < 4.78 is 5.35. The van der Waals surface area contributed by atoms with E-state index < -0.39 is 0 Å². The Kier molecular flexibility index (Phi) is 9.23. The fourth-order valence-electron chi connectivity index (χ4n) is 2.53. The van der Waals surface area contributed by atoms with Crippen LogP contribution in [0.1, 0.15) is 17.3 Å². The first-order valence-electron chi connectivity index (χ1n) is 9.05. The van der Waals surface area contributed by atoms with E-state index in [9.17, 15) is 4.79 Å². The van der Waals surface area contributed by atoms with Gasteiger partial charge in [-0.2, -0.15) is 0 Å². The number of amides is 1. The molecule has 1 amide bonds. The normalized spacial score (nSPS) is 15.5. The van der Waals surface area contributed by atoms with Crippen molar-refractivity contribution in [3.63, 3.8) is 0 Å². The summed E-state index contributed by atoms with van der Waals surface area (Å²) in [4.78, 5) is 19.0. The van der Waals surface area contributed by atoms with Crippen LogP contribution < -0.4 is 16.0 Å². The summed E-state index contributed by atoms with van der Waals surface area (Å²) in [6, 6.07) is 6.84. The second kappa shape index (κ2) is 11.7. The molecular formula is C18H28ClN5O2. The molecule has 8 heteroatoms. The molecule has 0 radical (unpaired) electrons. The molecule has 1 aromatic rings. The molecule has 0 aromatic heterocycles. The van der Waals surface area contributed by atoms with Crippen LogP contribution in [0.5, 0.6) is 0 Å². The van der Waals surface area contributed by atoms with Gasteiger partial charge in [0.1, 0.15) is 0 Å². The van der Waals surface area contributed by atoms with Gasteiger partial charge >= 0.3 is 0 Å². The first-order chi connectivity index (χ1) is 12.7. The number of aliphatic imine (C=N–C) groups is 1. The number of ether oxygens (including phenoxy) is 1. The number of rotatable bonds is 8. The topological polar surface area (TPSA) is 78.0 Å². The molecule has 0 spiro atoms. The maximum absolute atomic E-state index is 12.0. The zero-order valence-corrected chi connectivity index (χ0v) is 16.0. The summed E-state index contributed by atoms with van der Waals surface area (Å²) in [5, 5.41) is 9.94. The lowest BCUT2D eigenvalue weighted by Gasteiger charge is -2.25. The minimum Gasteiger partial charge on any atom is -0.379 e. The molecule has 0 atom stereocenters. The first kappa shape index (κ1) is 20.5. The lowest BCUT2D eigenvalue weighted by atomic mass is 10.2. The minimum absolute atomic E-state index is 0.113. The van der Waals surface area contributed by atoms with Crippen LogP contribution >= 0.6 is 11.6 Å². The molecule has 0 bridgehead atoms. The van der Waals surface area contributed by atoms with E-state index in [4.69, 9.17) is 16.3 Å². The maximum atomic E-state index is 12.0. The van der Waals surface area contributed by atoms with Gasteiger partial charge in [0.25, 0.3) is 5.91 Å². The highest BCUT2D eigenvalue weighted by Crippen LogP contribution is 2.09. The zero-order chi connectivity index (χ0) is 18.6. The summed E-state index contributed by atoms with van der Waals surface area (Å²) >= 11 is 5.83. The van der Waals surface area contributed by atoms with E-state index in [2.05, 4.69) is 25.8 Å². The molecule has 1 heterocycles. The zero-order valence-electron chi connectivity index (χ0n) is 15.3. The third-order valence-electron chi connectivity index (χ3n) is 3.94. The number of guanidine groups is 1. The molecular weight excluding hydrogens is 354 g/mol. The first-order valence-corrected chi connectivity index (χ1v) is 9.43. The van der Waals surface area contributed by atoms with E-state index in [1.807, 2.05) is 6.92 Å². The Hall–Kier alpha value is -1.83. The number of morpholine rings is 1. The Balaban J connectivity index is 1.67. The second-order valence-corrected chi connectivity index (χ2v) is 6.34. The van der Waals surface area contributed by atoms with E-state index in [1.165, 1.54) is 0 Å². The van der Waals surface area contributed by atoms with Crippen LogP contribution in [-0.2, 0) is 4.74 Å². The van der Waals surface area contributed by atoms with Crippen molar-refractivity contribution in [3.05, 3.63) is 34.9 Å². The summed E-state index contributed by atoms with van der Waals surface area (Å²) in [5.41, 5.74) is 0.598. The van der Waals surface area contributed by atoms with Crippen molar-refractivity contribution >= 4 is 23.5 Å². The molecule has 3 N–H and O–H groups in total. The molecule has 1 saturated heterocycles. The second-order valence-electron chi connectivity index (χ2n) is 5.90. The van der Waals surface area contributed by atoms with Gasteiger partial charge in [-0.05, 0) is 31.2 Å². The van der Waals surface area contributed by atoms with Crippen LogP contribution in [0.15, 0.2) is 29.3 Å². The third kappa shape index (κ3) is 7.59. The van der Waals surface area contributed by atoms with E-state index in [0.29, 0.717) is 23.7 Å². The van der Waals surface area contributed by atoms with E-state index in [0.717, 1.165) is 51.9 Å². The highest BCUT2D eigenvalue weighted by molar-refractivity contribution is 6.30. The van der Waals surface area contributed by atoms with Gasteiger partial charge in [-0.25, -0.2) is 0 Å². The van der Waals surface area contributed by atoms with E-state index >= 15 is 0 Å². The summed E-state index contributed by atoms with van der Waals surface area (Å²) in [7, 11) is 0. The predicted octanol–water partition coefficient (Wildman–Crippen LogP) is 0.957. The van der Waals surface area contributed by atoms with Gasteiger partial charge in [-0.3, -0.25) is 14.7 Å². The van der Waals surface area contributed by atoms with Crippen molar-refractivity contribution in [3.8, 4) is 0 Å². The van der Waals surface area contributed by atoms with Crippen molar-refractivity contribution in [2.45, 2.75) is 6.92 Å². The van der Waals surface area contributed by atoms with Gasteiger partial charge in [0.15, 0.2) is 5.96 Å². The summed E-state index contributed by atoms with van der Waals surface area (Å²) in [5.74, 6) is 0.652. The Morgan fingerprint density at radius 1 is 1.15 bits per heavy atom. The number of nitrogens with zero attached hydrogens (tertiary/aromatic N) is 2. The highest BCUT2D eigenvalue weighted by Gasteiger charge is 2.09. The average molecular weight is 382 g/mol. The van der Waals surface area contributed by atoms with Crippen molar-refractivity contribution in [2.75, 3.05) is 59.0 Å². The Labute approximate surface area is 160 Å². The van der Waals surface area contributed by atoms with Gasteiger partial charge in [0, 0.05) is 49.9 Å². The number of hydrogen-bond acceptors (Lipinski definition) is 4.